The topological polar surface area (TPSA) is 72.7 Å². The molecule has 24 heavy (non-hydrogen) atoms. The van der Waals surface area contributed by atoms with Crippen LogP contribution in [0, 0.1) is 21.7 Å². The lowest BCUT2D eigenvalue weighted by molar-refractivity contribution is -0.525. The lowest BCUT2D eigenvalue weighted by Gasteiger charge is -2.30. The molecule has 0 N–H and O–H groups in total. The van der Waals surface area contributed by atoms with Gasteiger partial charge in [0, 0.05) is 11.1 Å². The highest BCUT2D eigenvalue weighted by molar-refractivity contribution is 5.69. The van der Waals surface area contributed by atoms with Gasteiger partial charge in [-0.25, -0.2) is 13.6 Å². The number of nitrogens with zero attached hydrogens (tertiary/aromatic N) is 2. The zero-order valence-corrected chi connectivity index (χ0v) is 13.5. The molecule has 2 rings (SSSR count). The van der Waals surface area contributed by atoms with Gasteiger partial charge < -0.3 is 4.74 Å². The smallest absolute Gasteiger partial charge is 0.414 e. The number of halogens is 2. The Morgan fingerprint density at radius 1 is 1.33 bits per heavy atom. The Hall–Kier alpha value is -2.51. The van der Waals surface area contributed by atoms with Gasteiger partial charge in [-0.15, -0.1) is 0 Å². The van der Waals surface area contributed by atoms with Crippen molar-refractivity contribution in [2.45, 2.75) is 38.3 Å². The quantitative estimate of drug-likeness (QED) is 0.610. The number of hydrogen-bond donors (Lipinski definition) is 0. The van der Waals surface area contributed by atoms with Crippen LogP contribution in [0.5, 0.6) is 0 Å². The monoisotopic (exact) mass is 340 g/mol. The molecule has 1 aromatic rings. The van der Waals surface area contributed by atoms with Crippen LogP contribution in [0.4, 0.5) is 13.6 Å². The van der Waals surface area contributed by atoms with E-state index in [-0.39, 0.29) is 12.1 Å². The highest BCUT2D eigenvalue weighted by atomic mass is 19.2. The predicted molar refractivity (Wildman–Crippen MR) is 82.0 cm³/mol. The summed E-state index contributed by atoms with van der Waals surface area (Å²) in [6, 6.07) is 1.97. The fourth-order valence-electron chi connectivity index (χ4n) is 2.41. The average Bonchev–Trinajstić information content (AvgIpc) is 2.47. The van der Waals surface area contributed by atoms with Gasteiger partial charge in [0.05, 0.1) is 12.5 Å². The summed E-state index contributed by atoms with van der Waals surface area (Å²) in [5.74, 6) is -2.86. The number of carbonyl (C=O) groups excluding carboxylic acids is 1. The first-order valence-electron chi connectivity index (χ1n) is 7.35. The molecule has 0 spiro atoms. The van der Waals surface area contributed by atoms with Crippen molar-refractivity contribution in [3.63, 3.8) is 0 Å². The van der Waals surface area contributed by atoms with Gasteiger partial charge in [-0.3, -0.25) is 15.0 Å². The lowest BCUT2D eigenvalue weighted by Crippen LogP contribution is -2.45. The van der Waals surface area contributed by atoms with Crippen LogP contribution < -0.4 is 0 Å². The number of amides is 1. The van der Waals surface area contributed by atoms with Gasteiger partial charge in [-0.1, -0.05) is 12.1 Å². The molecule has 8 heteroatoms. The summed E-state index contributed by atoms with van der Waals surface area (Å²) < 4.78 is 31.6. The minimum Gasteiger partial charge on any atom is -0.443 e. The van der Waals surface area contributed by atoms with Gasteiger partial charge in [0.2, 0.25) is 6.04 Å². The standard InChI is InChI=1S/C16H18F2N2O4/c1-16(2,3)24-15(21)19-7-6-11(14(9-19)20(22)23)10-4-5-12(17)13(18)8-10/h4-8,11,14H,9H2,1-3H3/t11-,14+/m0/s1. The third-order valence-corrected chi connectivity index (χ3v) is 3.50. The first kappa shape index (κ1) is 17.8. The molecule has 0 aromatic heterocycles. The Bertz CT molecular complexity index is 685. The summed E-state index contributed by atoms with van der Waals surface area (Å²) in [7, 11) is 0. The van der Waals surface area contributed by atoms with Crippen molar-refractivity contribution >= 4 is 6.09 Å². The first-order valence-corrected chi connectivity index (χ1v) is 7.35. The highest BCUT2D eigenvalue weighted by Gasteiger charge is 2.38. The summed E-state index contributed by atoms with van der Waals surface area (Å²) >= 11 is 0. The van der Waals surface area contributed by atoms with E-state index in [0.29, 0.717) is 0 Å². The zero-order valence-electron chi connectivity index (χ0n) is 13.5. The van der Waals surface area contributed by atoms with Crippen LogP contribution in [0.1, 0.15) is 32.3 Å². The van der Waals surface area contributed by atoms with Crippen LogP contribution in [-0.4, -0.2) is 34.1 Å². The minimum atomic E-state index is -1.19. The molecule has 0 radical (unpaired) electrons. The summed E-state index contributed by atoms with van der Waals surface area (Å²) in [5.41, 5.74) is -0.456. The molecular formula is C16H18F2N2O4. The van der Waals surface area contributed by atoms with Crippen LogP contribution >= 0.6 is 0 Å². The second-order valence-corrected chi connectivity index (χ2v) is 6.53. The fraction of sp³-hybridized carbons (Fsp3) is 0.438. The maximum Gasteiger partial charge on any atom is 0.414 e. The Balaban J connectivity index is 2.27. The van der Waals surface area contributed by atoms with Crippen molar-refractivity contribution < 1.29 is 23.2 Å². The molecular weight excluding hydrogens is 322 g/mol. The van der Waals surface area contributed by atoms with Crippen molar-refractivity contribution in [2.24, 2.45) is 0 Å². The van der Waals surface area contributed by atoms with E-state index in [0.717, 1.165) is 17.0 Å². The second-order valence-electron chi connectivity index (χ2n) is 6.53. The summed E-state index contributed by atoms with van der Waals surface area (Å²) in [5, 5.41) is 11.4. The van der Waals surface area contributed by atoms with E-state index in [9.17, 15) is 23.7 Å². The number of nitro groups is 1. The predicted octanol–water partition coefficient (Wildman–Crippen LogP) is 3.46. The number of hydrogen-bond acceptors (Lipinski definition) is 4. The van der Waals surface area contributed by atoms with Crippen LogP contribution in [0.15, 0.2) is 30.5 Å². The third-order valence-electron chi connectivity index (χ3n) is 3.50. The molecule has 2 atom stereocenters. The van der Waals surface area contributed by atoms with Gasteiger partial charge >= 0.3 is 6.09 Å². The second kappa shape index (κ2) is 6.54. The highest BCUT2D eigenvalue weighted by Crippen LogP contribution is 2.29. The summed E-state index contributed by atoms with van der Waals surface area (Å²) in [6.07, 6.45) is 2.10. The molecule has 0 saturated carbocycles. The van der Waals surface area contributed by atoms with E-state index in [1.54, 1.807) is 20.8 Å². The molecule has 0 saturated heterocycles. The van der Waals surface area contributed by atoms with E-state index in [2.05, 4.69) is 0 Å². The van der Waals surface area contributed by atoms with Crippen LogP contribution in [0.3, 0.4) is 0 Å². The third kappa shape index (κ3) is 4.06. The summed E-state index contributed by atoms with van der Waals surface area (Å²) in [4.78, 5) is 24.0. The first-order chi connectivity index (χ1) is 11.1. The van der Waals surface area contributed by atoms with E-state index in [1.807, 2.05) is 0 Å². The van der Waals surface area contributed by atoms with Crippen molar-refractivity contribution in [3.05, 3.63) is 57.8 Å². The molecule has 1 aliphatic rings. The van der Waals surface area contributed by atoms with Crippen molar-refractivity contribution in [3.8, 4) is 0 Å². The maximum absolute atomic E-state index is 13.4. The molecule has 1 heterocycles. The van der Waals surface area contributed by atoms with Crippen molar-refractivity contribution in [2.75, 3.05) is 6.54 Å². The van der Waals surface area contributed by atoms with E-state index in [1.165, 1.54) is 18.3 Å². The molecule has 1 amide bonds. The molecule has 1 aliphatic heterocycles. The maximum atomic E-state index is 13.4. The Kier molecular flexibility index (Phi) is 4.86. The average molecular weight is 340 g/mol. The van der Waals surface area contributed by atoms with Gasteiger partial charge in [-0.2, -0.15) is 0 Å². The Labute approximate surface area is 137 Å². The number of carbonyl (C=O) groups is 1. The molecule has 1 aromatic carbocycles. The Morgan fingerprint density at radius 2 is 2.00 bits per heavy atom. The minimum absolute atomic E-state index is 0.220. The van der Waals surface area contributed by atoms with Crippen molar-refractivity contribution in [1.29, 1.82) is 0 Å². The molecule has 6 nitrogen and oxygen atoms in total. The molecule has 0 unspecified atom stereocenters. The number of ether oxygens (including phenoxy) is 1. The van der Waals surface area contributed by atoms with E-state index < -0.39 is 40.2 Å². The van der Waals surface area contributed by atoms with Gasteiger partial charge in [0.25, 0.3) is 0 Å². The molecule has 130 valence electrons. The molecule has 0 bridgehead atoms. The normalized spacial score (nSPS) is 20.8. The summed E-state index contributed by atoms with van der Waals surface area (Å²) in [6.45, 7) is 4.84. The zero-order chi connectivity index (χ0) is 18.1. The number of benzene rings is 1. The van der Waals surface area contributed by atoms with Crippen LogP contribution in [-0.2, 0) is 4.74 Å². The number of rotatable bonds is 2. The Morgan fingerprint density at radius 3 is 2.54 bits per heavy atom. The SMILES string of the molecule is CC(C)(C)OC(=O)N1C=C[C@@H](c2ccc(F)c(F)c2)[C@H]([N+](=O)[O-])C1. The van der Waals surface area contributed by atoms with Gasteiger partial charge in [0.15, 0.2) is 11.6 Å². The van der Waals surface area contributed by atoms with E-state index >= 15 is 0 Å². The van der Waals surface area contributed by atoms with E-state index in [4.69, 9.17) is 4.74 Å². The fourth-order valence-corrected chi connectivity index (χ4v) is 2.41. The van der Waals surface area contributed by atoms with Crippen LogP contribution in [0.25, 0.3) is 0 Å². The van der Waals surface area contributed by atoms with Crippen LogP contribution in [0.2, 0.25) is 0 Å². The molecule has 0 fully saturated rings. The van der Waals surface area contributed by atoms with Gasteiger partial charge in [0.1, 0.15) is 5.60 Å². The largest absolute Gasteiger partial charge is 0.443 e. The van der Waals surface area contributed by atoms with Gasteiger partial charge in [-0.05, 0) is 38.5 Å². The lowest BCUT2D eigenvalue weighted by atomic mass is 9.89. The van der Waals surface area contributed by atoms with Crippen molar-refractivity contribution in [1.82, 2.24) is 4.90 Å². The molecule has 0 aliphatic carbocycles.